The Kier molecular flexibility index (Phi) is 10.3. The molecular weight excluding hydrogens is 434 g/mol. The Hall–Kier alpha value is -1.72. The molecule has 0 radical (unpaired) electrons. The average Bonchev–Trinajstić information content (AvgIpc) is 3.19. The summed E-state index contributed by atoms with van der Waals surface area (Å²) >= 11 is 4.61. The minimum absolute atomic E-state index is 0.110. The van der Waals surface area contributed by atoms with Crippen LogP contribution in [0.4, 0.5) is 0 Å². The molecule has 1 fully saturated rings. The van der Waals surface area contributed by atoms with Crippen molar-refractivity contribution in [1.29, 1.82) is 5.26 Å². The van der Waals surface area contributed by atoms with E-state index in [1.54, 1.807) is 13.8 Å². The number of esters is 2. The number of halogens is 1. The van der Waals surface area contributed by atoms with Crippen molar-refractivity contribution in [3.63, 3.8) is 0 Å². The van der Waals surface area contributed by atoms with Crippen LogP contribution < -0.4 is 0 Å². The van der Waals surface area contributed by atoms with Gasteiger partial charge in [-0.25, -0.2) is 0 Å². The number of hydrogen-bond donors (Lipinski definition) is 0. The first-order valence-corrected chi connectivity index (χ1v) is 10.8. The maximum atomic E-state index is 11.9. The lowest BCUT2D eigenvalue weighted by Gasteiger charge is -2.33. The molecule has 2 atom stereocenters. The van der Waals surface area contributed by atoms with Crippen molar-refractivity contribution in [3.8, 4) is 6.07 Å². The van der Waals surface area contributed by atoms with Crippen LogP contribution in [0.2, 0.25) is 0 Å². The van der Waals surface area contributed by atoms with Crippen LogP contribution in [0.3, 0.4) is 0 Å². The third-order valence-electron chi connectivity index (χ3n) is 4.12. The highest BCUT2D eigenvalue weighted by Gasteiger charge is 2.45. The Balaban J connectivity index is 0.000000387. The van der Waals surface area contributed by atoms with Crippen LogP contribution in [0.1, 0.15) is 44.4 Å². The van der Waals surface area contributed by atoms with Crippen molar-refractivity contribution in [1.82, 2.24) is 0 Å². The molecule has 1 aromatic heterocycles. The number of Topliss-reactive ketones (excluding diaryl/α,β-unsaturated/α-hetero) is 1. The SMILES string of the molecule is CCOC(=O)C1CC(C#N)(c2cccs2)CCC1=O.CCOC(=O)CCBr. The summed E-state index contributed by atoms with van der Waals surface area (Å²) in [7, 11) is 0. The Labute approximate surface area is 172 Å². The van der Waals surface area contributed by atoms with E-state index in [0.29, 0.717) is 24.8 Å². The lowest BCUT2D eigenvalue weighted by Crippen LogP contribution is -2.40. The van der Waals surface area contributed by atoms with Crippen molar-refractivity contribution in [2.75, 3.05) is 18.5 Å². The van der Waals surface area contributed by atoms with E-state index in [1.807, 2.05) is 17.5 Å². The molecule has 1 aromatic rings. The summed E-state index contributed by atoms with van der Waals surface area (Å²) in [4.78, 5) is 35.0. The van der Waals surface area contributed by atoms with Crippen LogP contribution in [-0.4, -0.2) is 36.3 Å². The first-order valence-electron chi connectivity index (χ1n) is 8.80. The van der Waals surface area contributed by atoms with Crippen molar-refractivity contribution in [2.24, 2.45) is 5.92 Å². The van der Waals surface area contributed by atoms with Crippen LogP contribution in [0.15, 0.2) is 17.5 Å². The van der Waals surface area contributed by atoms with Gasteiger partial charge in [0.1, 0.15) is 11.7 Å². The monoisotopic (exact) mass is 457 g/mol. The molecular formula is C19H24BrNO5S. The van der Waals surface area contributed by atoms with Gasteiger partial charge in [-0.15, -0.1) is 11.3 Å². The molecule has 27 heavy (non-hydrogen) atoms. The summed E-state index contributed by atoms with van der Waals surface area (Å²) in [6, 6.07) is 6.10. The van der Waals surface area contributed by atoms with E-state index in [2.05, 4.69) is 26.7 Å². The lowest BCUT2D eigenvalue weighted by atomic mass is 9.69. The average molecular weight is 458 g/mol. The molecule has 2 rings (SSSR count). The molecule has 0 spiro atoms. The summed E-state index contributed by atoms with van der Waals surface area (Å²) in [6.45, 7) is 4.24. The highest BCUT2D eigenvalue weighted by atomic mass is 79.9. The number of carbonyl (C=O) groups excluding carboxylic acids is 3. The van der Waals surface area contributed by atoms with Gasteiger partial charge in [0.2, 0.25) is 0 Å². The summed E-state index contributed by atoms with van der Waals surface area (Å²) in [6.07, 6.45) is 1.45. The van der Waals surface area contributed by atoms with Gasteiger partial charge in [0.25, 0.3) is 0 Å². The van der Waals surface area contributed by atoms with Crippen molar-refractivity contribution >= 4 is 45.0 Å². The van der Waals surface area contributed by atoms with Gasteiger partial charge in [-0.3, -0.25) is 14.4 Å². The second-order valence-corrected chi connectivity index (χ2v) is 7.63. The van der Waals surface area contributed by atoms with E-state index in [0.717, 1.165) is 4.88 Å². The third-order valence-corrected chi connectivity index (χ3v) is 5.59. The molecule has 2 unspecified atom stereocenters. The molecule has 0 saturated heterocycles. The second-order valence-electron chi connectivity index (χ2n) is 5.89. The number of ether oxygens (including phenoxy) is 2. The molecule has 1 aliphatic carbocycles. The molecule has 0 amide bonds. The number of carbonyl (C=O) groups is 3. The molecule has 0 aliphatic heterocycles. The summed E-state index contributed by atoms with van der Waals surface area (Å²) in [5.74, 6) is -1.54. The summed E-state index contributed by atoms with van der Waals surface area (Å²) in [5.41, 5.74) is -0.723. The minimum Gasteiger partial charge on any atom is -0.466 e. The number of rotatable bonds is 6. The number of thiophene rings is 1. The number of nitrogens with zero attached hydrogens (tertiary/aromatic N) is 1. The van der Waals surface area contributed by atoms with E-state index < -0.39 is 17.3 Å². The minimum atomic E-state index is -0.796. The fourth-order valence-electron chi connectivity index (χ4n) is 2.77. The highest BCUT2D eigenvalue weighted by Crippen LogP contribution is 2.42. The normalized spacial score (nSPS) is 21.4. The maximum absolute atomic E-state index is 11.9. The van der Waals surface area contributed by atoms with Crippen LogP contribution in [-0.2, 0) is 29.3 Å². The predicted octanol–water partition coefficient (Wildman–Crippen LogP) is 3.78. The zero-order valence-electron chi connectivity index (χ0n) is 15.5. The van der Waals surface area contributed by atoms with Gasteiger partial charge < -0.3 is 9.47 Å². The van der Waals surface area contributed by atoms with Gasteiger partial charge >= 0.3 is 11.9 Å². The van der Waals surface area contributed by atoms with Gasteiger partial charge in [0.05, 0.1) is 31.1 Å². The topological polar surface area (TPSA) is 93.5 Å². The van der Waals surface area contributed by atoms with Gasteiger partial charge in [0.15, 0.2) is 0 Å². The maximum Gasteiger partial charge on any atom is 0.316 e. The van der Waals surface area contributed by atoms with E-state index in [4.69, 9.17) is 4.74 Å². The van der Waals surface area contributed by atoms with Gasteiger partial charge in [-0.2, -0.15) is 5.26 Å². The third kappa shape index (κ3) is 6.74. The van der Waals surface area contributed by atoms with Crippen LogP contribution >= 0.6 is 27.3 Å². The standard InChI is InChI=1S/C14H15NO3S.C5H9BrO2/c1-2-18-13(17)10-8-14(9-15,6-5-11(10)16)12-4-3-7-19-12;1-2-8-5(7)3-4-6/h3-4,7,10H,2,5-6,8H2,1H3;2-4H2,1H3. The molecule has 1 saturated carbocycles. The van der Waals surface area contributed by atoms with E-state index in [1.165, 1.54) is 11.3 Å². The van der Waals surface area contributed by atoms with Crippen molar-refractivity contribution in [3.05, 3.63) is 22.4 Å². The quantitative estimate of drug-likeness (QED) is 0.366. The first-order chi connectivity index (χ1) is 12.9. The molecule has 0 bridgehead atoms. The fourth-order valence-corrected chi connectivity index (χ4v) is 4.02. The molecule has 0 N–H and O–H groups in total. The highest BCUT2D eigenvalue weighted by molar-refractivity contribution is 9.09. The number of nitriles is 1. The van der Waals surface area contributed by atoms with Gasteiger partial charge in [-0.05, 0) is 38.1 Å². The van der Waals surface area contributed by atoms with Crippen LogP contribution in [0, 0.1) is 17.2 Å². The largest absolute Gasteiger partial charge is 0.466 e. The first kappa shape index (κ1) is 23.3. The zero-order valence-corrected chi connectivity index (χ0v) is 17.9. The van der Waals surface area contributed by atoms with Crippen molar-refractivity contribution in [2.45, 2.75) is 44.9 Å². The number of alkyl halides is 1. The molecule has 6 nitrogen and oxygen atoms in total. The van der Waals surface area contributed by atoms with Crippen LogP contribution in [0.25, 0.3) is 0 Å². The Bertz CT molecular complexity index is 662. The molecule has 1 aliphatic rings. The lowest BCUT2D eigenvalue weighted by molar-refractivity contribution is -0.153. The van der Waals surface area contributed by atoms with E-state index in [9.17, 15) is 19.6 Å². The molecule has 1 heterocycles. The van der Waals surface area contributed by atoms with Crippen molar-refractivity contribution < 1.29 is 23.9 Å². The molecule has 8 heteroatoms. The Morgan fingerprint density at radius 2 is 2.07 bits per heavy atom. The van der Waals surface area contributed by atoms with E-state index in [-0.39, 0.29) is 31.2 Å². The van der Waals surface area contributed by atoms with E-state index >= 15 is 0 Å². The van der Waals surface area contributed by atoms with Crippen LogP contribution in [0.5, 0.6) is 0 Å². The number of hydrogen-bond acceptors (Lipinski definition) is 7. The second kappa shape index (κ2) is 11.9. The predicted molar refractivity (Wildman–Crippen MR) is 106 cm³/mol. The zero-order chi connectivity index (χ0) is 20.3. The summed E-state index contributed by atoms with van der Waals surface area (Å²) in [5, 5.41) is 12.1. The summed E-state index contributed by atoms with van der Waals surface area (Å²) < 4.78 is 9.55. The fraction of sp³-hybridized carbons (Fsp3) is 0.579. The molecule has 0 aromatic carbocycles. The Morgan fingerprint density at radius 3 is 2.59 bits per heavy atom. The number of ketones is 1. The van der Waals surface area contributed by atoms with Gasteiger partial charge in [0, 0.05) is 16.6 Å². The smallest absolute Gasteiger partial charge is 0.316 e. The van der Waals surface area contributed by atoms with Gasteiger partial charge in [-0.1, -0.05) is 22.0 Å². The molecule has 148 valence electrons. The Morgan fingerprint density at radius 1 is 1.37 bits per heavy atom.